The van der Waals surface area contributed by atoms with Crippen molar-refractivity contribution in [1.82, 2.24) is 9.88 Å². The molecule has 1 aromatic heterocycles. The molecule has 1 amide bonds. The maximum atomic E-state index is 14.6. The molecule has 0 radical (unpaired) electrons. The number of unbranched alkanes of at least 4 members (excludes halogenated alkanes) is 2. The van der Waals surface area contributed by atoms with Gasteiger partial charge in [0, 0.05) is 23.8 Å². The second-order valence-electron chi connectivity index (χ2n) is 9.10. The van der Waals surface area contributed by atoms with Gasteiger partial charge in [-0.15, -0.1) is 0 Å². The lowest BCUT2D eigenvalue weighted by Gasteiger charge is -2.42. The van der Waals surface area contributed by atoms with E-state index in [0.29, 0.717) is 12.2 Å². The van der Waals surface area contributed by atoms with Gasteiger partial charge in [-0.05, 0) is 69.0 Å². The molecule has 0 aliphatic carbocycles. The normalized spacial score (nSPS) is 23.1. The van der Waals surface area contributed by atoms with Crippen molar-refractivity contribution in [3.05, 3.63) is 53.1 Å². The third-order valence-electron chi connectivity index (χ3n) is 6.85. The number of rotatable bonds is 8. The van der Waals surface area contributed by atoms with Crippen molar-refractivity contribution in [2.24, 2.45) is 0 Å². The monoisotopic (exact) mass is 440 g/mol. The first kappa shape index (κ1) is 22.7. The number of likely N-dealkylation sites (tertiary alicyclic amines) is 1. The summed E-state index contributed by atoms with van der Waals surface area (Å²) in [5, 5.41) is 15.8. The Morgan fingerprint density at radius 2 is 2.19 bits per heavy atom. The van der Waals surface area contributed by atoms with Crippen LogP contribution in [0.3, 0.4) is 0 Å². The van der Waals surface area contributed by atoms with Gasteiger partial charge in [-0.1, -0.05) is 19.8 Å². The summed E-state index contributed by atoms with van der Waals surface area (Å²) in [5.74, 6) is -0.357. The topological polar surface area (TPSA) is 77.5 Å². The number of hydrogen-bond acceptors (Lipinski definition) is 5. The number of carbonyl (C=O) groups is 1. The van der Waals surface area contributed by atoms with E-state index in [0.717, 1.165) is 67.6 Å². The Kier molecular flexibility index (Phi) is 6.76. The SMILES string of the molecule is CCCCCc1cc(F)cc2c1NC(=O)C2(C)N1CCC[C@@H](Nc2ccc(CO)nc2)C1. The van der Waals surface area contributed by atoms with Gasteiger partial charge >= 0.3 is 0 Å². The lowest BCUT2D eigenvalue weighted by Crippen LogP contribution is -2.55. The number of aromatic nitrogens is 1. The van der Waals surface area contributed by atoms with E-state index in [4.69, 9.17) is 0 Å². The summed E-state index contributed by atoms with van der Waals surface area (Å²) in [5.41, 5.74) is 3.07. The van der Waals surface area contributed by atoms with Gasteiger partial charge in [0.25, 0.3) is 0 Å². The molecule has 6 nitrogen and oxygen atoms in total. The van der Waals surface area contributed by atoms with Gasteiger partial charge in [-0.3, -0.25) is 14.7 Å². The molecule has 2 aliphatic heterocycles. The minimum atomic E-state index is -0.893. The van der Waals surface area contributed by atoms with E-state index in [1.807, 2.05) is 13.0 Å². The molecular formula is C25H33FN4O2. The zero-order chi connectivity index (χ0) is 22.7. The van der Waals surface area contributed by atoms with Gasteiger partial charge in [0.15, 0.2) is 0 Å². The van der Waals surface area contributed by atoms with E-state index in [9.17, 15) is 14.3 Å². The Hall–Kier alpha value is -2.51. The van der Waals surface area contributed by atoms with Gasteiger partial charge in [0.2, 0.25) is 5.91 Å². The molecule has 0 spiro atoms. The molecule has 3 heterocycles. The molecular weight excluding hydrogens is 407 g/mol. The number of anilines is 2. The number of aliphatic hydroxyl groups is 1. The number of piperidine rings is 1. The minimum Gasteiger partial charge on any atom is -0.390 e. The predicted octanol–water partition coefficient (Wildman–Crippen LogP) is 4.19. The van der Waals surface area contributed by atoms with E-state index < -0.39 is 5.54 Å². The summed E-state index contributed by atoms with van der Waals surface area (Å²) in [4.78, 5) is 19.7. The fraction of sp³-hybridized carbons (Fsp3) is 0.520. The van der Waals surface area contributed by atoms with Crippen molar-refractivity contribution in [3.63, 3.8) is 0 Å². The van der Waals surface area contributed by atoms with Gasteiger partial charge in [0.05, 0.1) is 24.2 Å². The summed E-state index contributed by atoms with van der Waals surface area (Å²) in [6.45, 7) is 5.44. The summed E-state index contributed by atoms with van der Waals surface area (Å²) in [6, 6.07) is 6.97. The van der Waals surface area contributed by atoms with E-state index in [-0.39, 0.29) is 24.4 Å². The Morgan fingerprint density at radius 1 is 1.34 bits per heavy atom. The van der Waals surface area contributed by atoms with E-state index in [2.05, 4.69) is 27.4 Å². The largest absolute Gasteiger partial charge is 0.390 e. The molecule has 0 bridgehead atoms. The maximum absolute atomic E-state index is 14.6. The maximum Gasteiger partial charge on any atom is 0.249 e. The van der Waals surface area contributed by atoms with Crippen LogP contribution in [0.4, 0.5) is 15.8 Å². The molecule has 7 heteroatoms. The highest BCUT2D eigenvalue weighted by Gasteiger charge is 2.49. The van der Waals surface area contributed by atoms with Crippen LogP contribution in [0, 0.1) is 5.82 Å². The lowest BCUT2D eigenvalue weighted by molar-refractivity contribution is -0.127. The van der Waals surface area contributed by atoms with Crippen LogP contribution < -0.4 is 10.6 Å². The second kappa shape index (κ2) is 9.55. The highest BCUT2D eigenvalue weighted by molar-refractivity contribution is 6.06. The fourth-order valence-electron chi connectivity index (χ4n) is 4.97. The number of halogens is 1. The summed E-state index contributed by atoms with van der Waals surface area (Å²) < 4.78 is 14.6. The van der Waals surface area contributed by atoms with Gasteiger partial charge in [0.1, 0.15) is 11.4 Å². The number of nitrogens with zero attached hydrogens (tertiary/aromatic N) is 2. The Balaban J connectivity index is 1.55. The number of aliphatic hydroxyl groups excluding tert-OH is 1. The molecule has 2 aliphatic rings. The van der Waals surface area contributed by atoms with E-state index in [1.165, 1.54) is 6.07 Å². The van der Waals surface area contributed by atoms with Crippen molar-refractivity contribution in [2.75, 3.05) is 23.7 Å². The van der Waals surface area contributed by atoms with Crippen LogP contribution in [-0.2, 0) is 23.4 Å². The smallest absolute Gasteiger partial charge is 0.249 e. The van der Waals surface area contributed by atoms with Crippen LogP contribution in [0.25, 0.3) is 0 Å². The number of amides is 1. The van der Waals surface area contributed by atoms with Crippen LogP contribution in [0.5, 0.6) is 0 Å². The average molecular weight is 441 g/mol. The summed E-state index contributed by atoms with van der Waals surface area (Å²) >= 11 is 0. The zero-order valence-electron chi connectivity index (χ0n) is 19.0. The number of aryl methyl sites for hydroxylation is 1. The van der Waals surface area contributed by atoms with Crippen molar-refractivity contribution in [1.29, 1.82) is 0 Å². The molecule has 1 aromatic carbocycles. The standard InChI is InChI=1S/C25H33FN4O2/c1-3-4-5-7-17-12-18(26)13-22-23(17)29-24(32)25(22,2)30-11-6-8-20(15-30)28-19-9-10-21(16-31)27-14-19/h9-10,12-14,20,28,31H,3-8,11,15-16H2,1-2H3,(H,29,32)/t20-,25?/m1/s1. The van der Waals surface area contributed by atoms with Crippen molar-refractivity contribution in [2.45, 2.75) is 70.6 Å². The first-order chi connectivity index (χ1) is 15.5. The minimum absolute atomic E-state index is 0.0792. The average Bonchev–Trinajstić information content (AvgIpc) is 3.06. The van der Waals surface area contributed by atoms with Crippen molar-refractivity contribution in [3.8, 4) is 0 Å². The second-order valence-corrected chi connectivity index (χ2v) is 9.10. The molecule has 0 saturated carbocycles. The van der Waals surface area contributed by atoms with Crippen LogP contribution >= 0.6 is 0 Å². The molecule has 3 N–H and O–H groups in total. The highest BCUT2D eigenvalue weighted by atomic mass is 19.1. The van der Waals surface area contributed by atoms with Crippen LogP contribution in [0.1, 0.15) is 62.8 Å². The molecule has 172 valence electrons. The molecule has 1 saturated heterocycles. The van der Waals surface area contributed by atoms with Gasteiger partial charge in [-0.2, -0.15) is 0 Å². The Bertz CT molecular complexity index is 965. The van der Waals surface area contributed by atoms with Gasteiger partial charge in [-0.25, -0.2) is 4.39 Å². The molecule has 4 rings (SSSR count). The zero-order valence-corrected chi connectivity index (χ0v) is 19.0. The van der Waals surface area contributed by atoms with Crippen LogP contribution in [-0.4, -0.2) is 40.0 Å². The lowest BCUT2D eigenvalue weighted by atomic mass is 9.87. The predicted molar refractivity (Wildman–Crippen MR) is 124 cm³/mol. The van der Waals surface area contributed by atoms with Crippen molar-refractivity contribution < 1.29 is 14.3 Å². The first-order valence-electron chi connectivity index (χ1n) is 11.7. The number of pyridine rings is 1. The number of carbonyl (C=O) groups excluding carboxylic acids is 1. The highest BCUT2D eigenvalue weighted by Crippen LogP contribution is 2.44. The number of fused-ring (bicyclic) bond motifs is 1. The fourth-order valence-corrected chi connectivity index (χ4v) is 4.97. The number of benzene rings is 1. The van der Waals surface area contributed by atoms with Crippen molar-refractivity contribution >= 4 is 17.3 Å². The Labute approximate surface area is 189 Å². The van der Waals surface area contributed by atoms with Crippen LogP contribution in [0.15, 0.2) is 30.5 Å². The molecule has 1 fully saturated rings. The van der Waals surface area contributed by atoms with Gasteiger partial charge < -0.3 is 15.7 Å². The number of nitrogens with one attached hydrogen (secondary N) is 2. The summed E-state index contributed by atoms with van der Waals surface area (Å²) in [7, 11) is 0. The molecule has 2 aromatic rings. The third kappa shape index (κ3) is 4.36. The third-order valence-corrected chi connectivity index (χ3v) is 6.85. The first-order valence-corrected chi connectivity index (χ1v) is 11.7. The quantitative estimate of drug-likeness (QED) is 0.537. The molecule has 1 unspecified atom stereocenters. The van der Waals surface area contributed by atoms with Crippen LogP contribution in [0.2, 0.25) is 0 Å². The Morgan fingerprint density at radius 3 is 2.91 bits per heavy atom. The molecule has 2 atom stereocenters. The van der Waals surface area contributed by atoms with E-state index >= 15 is 0 Å². The van der Waals surface area contributed by atoms with E-state index in [1.54, 1.807) is 18.3 Å². The summed E-state index contributed by atoms with van der Waals surface area (Å²) in [6.07, 6.45) is 7.59. The number of hydrogen-bond donors (Lipinski definition) is 3. The molecule has 32 heavy (non-hydrogen) atoms.